The fraction of sp³-hybridized carbons (Fsp3) is 0.118. The first-order chi connectivity index (χ1) is 12.4. The molecule has 6 nitrogen and oxygen atoms in total. The zero-order valence-corrected chi connectivity index (χ0v) is 16.3. The summed E-state index contributed by atoms with van der Waals surface area (Å²) in [6, 6.07) is 10.7. The SMILES string of the molecule is CN(C)c1cnnc(Nc2ccc(NC(=O)c3cc(Cl)sc3Cl)cc2)c1. The molecule has 3 rings (SSSR count). The first-order valence-corrected chi connectivity index (χ1v) is 9.13. The highest BCUT2D eigenvalue weighted by Crippen LogP contribution is 2.31. The standard InChI is InChI=1S/C17H15Cl2N5OS/c1-24(2)12-7-15(23-20-9-12)21-10-3-5-11(6-4-10)22-17(25)13-8-14(18)26-16(13)19/h3-9H,1-2H3,(H,21,23)(H,22,25). The molecule has 0 atom stereocenters. The molecule has 2 heterocycles. The number of nitrogens with one attached hydrogen (secondary N) is 2. The lowest BCUT2D eigenvalue weighted by molar-refractivity contribution is 0.102. The molecule has 26 heavy (non-hydrogen) atoms. The summed E-state index contributed by atoms with van der Waals surface area (Å²) in [6.07, 6.45) is 1.69. The van der Waals surface area contributed by atoms with Crippen LogP contribution in [0.3, 0.4) is 0 Å². The molecule has 0 saturated carbocycles. The van der Waals surface area contributed by atoms with Gasteiger partial charge in [0, 0.05) is 31.5 Å². The van der Waals surface area contributed by atoms with Gasteiger partial charge in [-0.25, -0.2) is 0 Å². The molecule has 1 aromatic carbocycles. The van der Waals surface area contributed by atoms with Gasteiger partial charge in [-0.15, -0.1) is 16.4 Å². The Kier molecular flexibility index (Phi) is 5.61. The Morgan fingerprint density at radius 2 is 1.81 bits per heavy atom. The zero-order chi connectivity index (χ0) is 18.7. The molecule has 0 spiro atoms. The van der Waals surface area contributed by atoms with Gasteiger partial charge in [0.1, 0.15) is 4.34 Å². The summed E-state index contributed by atoms with van der Waals surface area (Å²) < 4.78 is 0.839. The number of anilines is 4. The lowest BCUT2D eigenvalue weighted by atomic mass is 10.2. The van der Waals surface area contributed by atoms with Crippen molar-refractivity contribution in [2.24, 2.45) is 0 Å². The highest BCUT2D eigenvalue weighted by Gasteiger charge is 2.14. The Morgan fingerprint density at radius 3 is 2.42 bits per heavy atom. The molecule has 0 unspecified atom stereocenters. The van der Waals surface area contributed by atoms with E-state index in [1.807, 2.05) is 37.2 Å². The van der Waals surface area contributed by atoms with E-state index in [0.717, 1.165) is 22.7 Å². The summed E-state index contributed by atoms with van der Waals surface area (Å²) in [4.78, 5) is 14.2. The number of rotatable bonds is 5. The third-order valence-corrected chi connectivity index (χ3v) is 4.96. The first-order valence-electron chi connectivity index (χ1n) is 7.55. The summed E-state index contributed by atoms with van der Waals surface area (Å²) in [5.74, 6) is 0.330. The van der Waals surface area contributed by atoms with Crippen molar-refractivity contribution in [3.63, 3.8) is 0 Å². The molecule has 0 bridgehead atoms. The summed E-state index contributed by atoms with van der Waals surface area (Å²) in [5, 5.41) is 14.0. The number of hydrogen-bond acceptors (Lipinski definition) is 6. The number of carbonyl (C=O) groups excluding carboxylic acids is 1. The lowest BCUT2D eigenvalue weighted by Gasteiger charge is -2.13. The predicted molar refractivity (Wildman–Crippen MR) is 108 cm³/mol. The van der Waals surface area contributed by atoms with Gasteiger partial charge in [0.05, 0.1) is 21.8 Å². The zero-order valence-electron chi connectivity index (χ0n) is 14.0. The van der Waals surface area contributed by atoms with Crippen LogP contribution in [0.25, 0.3) is 0 Å². The molecule has 0 fully saturated rings. The van der Waals surface area contributed by atoms with Gasteiger partial charge in [-0.1, -0.05) is 23.2 Å². The van der Waals surface area contributed by atoms with Crippen LogP contribution in [-0.4, -0.2) is 30.2 Å². The smallest absolute Gasteiger partial charge is 0.258 e. The number of aromatic nitrogens is 2. The largest absolute Gasteiger partial charge is 0.376 e. The van der Waals surface area contributed by atoms with Crippen LogP contribution < -0.4 is 15.5 Å². The van der Waals surface area contributed by atoms with Crippen molar-refractivity contribution in [1.82, 2.24) is 10.2 Å². The minimum Gasteiger partial charge on any atom is -0.376 e. The van der Waals surface area contributed by atoms with E-state index < -0.39 is 0 Å². The maximum atomic E-state index is 12.2. The molecule has 0 saturated heterocycles. The van der Waals surface area contributed by atoms with Crippen molar-refractivity contribution >= 4 is 63.3 Å². The van der Waals surface area contributed by atoms with Gasteiger partial charge < -0.3 is 15.5 Å². The molecule has 0 aliphatic heterocycles. The highest BCUT2D eigenvalue weighted by molar-refractivity contribution is 7.20. The van der Waals surface area contributed by atoms with Crippen molar-refractivity contribution in [2.45, 2.75) is 0 Å². The van der Waals surface area contributed by atoms with Gasteiger partial charge in [-0.05, 0) is 30.3 Å². The van der Waals surface area contributed by atoms with Gasteiger partial charge in [0.15, 0.2) is 5.82 Å². The number of carbonyl (C=O) groups is 1. The fourth-order valence-electron chi connectivity index (χ4n) is 2.14. The van der Waals surface area contributed by atoms with Crippen molar-refractivity contribution in [3.05, 3.63) is 56.8 Å². The van der Waals surface area contributed by atoms with Crippen LogP contribution in [0.4, 0.5) is 22.9 Å². The van der Waals surface area contributed by atoms with Crippen LogP contribution in [-0.2, 0) is 0 Å². The molecule has 9 heteroatoms. The van der Waals surface area contributed by atoms with E-state index >= 15 is 0 Å². The van der Waals surface area contributed by atoms with Crippen molar-refractivity contribution in [1.29, 1.82) is 0 Å². The van der Waals surface area contributed by atoms with Crippen LogP contribution in [0.5, 0.6) is 0 Å². The van der Waals surface area contributed by atoms with E-state index in [0.29, 0.717) is 25.7 Å². The Balaban J connectivity index is 1.68. The molecular weight excluding hydrogens is 393 g/mol. The average Bonchev–Trinajstić information content (AvgIpc) is 2.95. The molecular formula is C17H15Cl2N5OS. The van der Waals surface area contributed by atoms with E-state index in [4.69, 9.17) is 23.2 Å². The maximum Gasteiger partial charge on any atom is 0.258 e. The quantitative estimate of drug-likeness (QED) is 0.628. The van der Waals surface area contributed by atoms with E-state index in [9.17, 15) is 4.79 Å². The van der Waals surface area contributed by atoms with Crippen molar-refractivity contribution in [3.8, 4) is 0 Å². The molecule has 134 valence electrons. The second kappa shape index (κ2) is 7.90. The van der Waals surface area contributed by atoms with Crippen molar-refractivity contribution in [2.75, 3.05) is 29.6 Å². The van der Waals surface area contributed by atoms with Gasteiger partial charge in [-0.2, -0.15) is 5.10 Å². The van der Waals surface area contributed by atoms with E-state index in [1.54, 1.807) is 24.4 Å². The topological polar surface area (TPSA) is 70.2 Å². The molecule has 0 aliphatic carbocycles. The van der Waals surface area contributed by atoms with E-state index in [-0.39, 0.29) is 5.91 Å². The number of benzene rings is 1. The Bertz CT molecular complexity index is 927. The summed E-state index contributed by atoms with van der Waals surface area (Å²) in [7, 11) is 3.87. The second-order valence-electron chi connectivity index (χ2n) is 5.59. The number of nitrogens with zero attached hydrogens (tertiary/aromatic N) is 3. The van der Waals surface area contributed by atoms with Gasteiger partial charge in [-0.3, -0.25) is 4.79 Å². The first kappa shape index (κ1) is 18.4. The fourth-order valence-corrected chi connectivity index (χ4v) is 3.60. The third-order valence-electron chi connectivity index (χ3n) is 3.47. The molecule has 0 aliphatic rings. The summed E-state index contributed by atoms with van der Waals surface area (Å²) in [5.41, 5.74) is 2.77. The van der Waals surface area contributed by atoms with Gasteiger partial charge >= 0.3 is 0 Å². The van der Waals surface area contributed by atoms with Crippen LogP contribution >= 0.6 is 34.5 Å². The Labute approximate surface area is 164 Å². The van der Waals surface area contributed by atoms with Crippen LogP contribution in [0.1, 0.15) is 10.4 Å². The Hall–Kier alpha value is -2.35. The van der Waals surface area contributed by atoms with Crippen LogP contribution in [0, 0.1) is 0 Å². The van der Waals surface area contributed by atoms with Crippen LogP contribution in [0.2, 0.25) is 8.67 Å². The molecule has 3 aromatic rings. The third kappa shape index (κ3) is 4.43. The number of halogens is 2. The number of amides is 1. The molecule has 2 aromatic heterocycles. The molecule has 0 radical (unpaired) electrons. The average molecular weight is 408 g/mol. The monoisotopic (exact) mass is 407 g/mol. The maximum absolute atomic E-state index is 12.2. The van der Waals surface area contributed by atoms with Crippen LogP contribution in [0.15, 0.2) is 42.6 Å². The minimum absolute atomic E-state index is 0.302. The summed E-state index contributed by atoms with van der Waals surface area (Å²) >= 11 is 13.0. The number of hydrogen-bond donors (Lipinski definition) is 2. The lowest BCUT2D eigenvalue weighted by Crippen LogP contribution is -2.11. The number of thiophene rings is 1. The van der Waals surface area contributed by atoms with Crippen molar-refractivity contribution < 1.29 is 4.79 Å². The molecule has 1 amide bonds. The predicted octanol–water partition coefficient (Wildman–Crippen LogP) is 4.91. The van der Waals surface area contributed by atoms with E-state index in [2.05, 4.69) is 20.8 Å². The Morgan fingerprint density at radius 1 is 1.12 bits per heavy atom. The molecule has 2 N–H and O–H groups in total. The van der Waals surface area contributed by atoms with E-state index in [1.165, 1.54) is 0 Å². The normalized spacial score (nSPS) is 10.5. The highest BCUT2D eigenvalue weighted by atomic mass is 35.5. The minimum atomic E-state index is -0.302. The summed E-state index contributed by atoms with van der Waals surface area (Å²) in [6.45, 7) is 0. The second-order valence-corrected chi connectivity index (χ2v) is 7.87. The van der Waals surface area contributed by atoms with Gasteiger partial charge in [0.25, 0.3) is 5.91 Å². The van der Waals surface area contributed by atoms with Gasteiger partial charge in [0.2, 0.25) is 0 Å².